The van der Waals surface area contributed by atoms with Gasteiger partial charge in [0.2, 0.25) is 0 Å². The molecule has 5 heteroatoms. The zero-order valence-electron chi connectivity index (χ0n) is 11.4. The highest BCUT2D eigenvalue weighted by atomic mass is 35.5. The van der Waals surface area contributed by atoms with Gasteiger partial charge in [0.05, 0.1) is 5.92 Å². The summed E-state index contributed by atoms with van der Waals surface area (Å²) in [4.78, 5) is 0. The van der Waals surface area contributed by atoms with Crippen LogP contribution in [0.25, 0.3) is 0 Å². The molecule has 0 amide bonds. The first kappa shape index (κ1) is 15.6. The standard InChI is InChI=1S/C15H19ClF3N/c1-10(13-7-2-3-8-14(13)16)20-12-6-4-5-11(9-12)15(17,18)19/h2-3,7-8,10-12,20H,4-6,9H2,1H3/t10-,11?,12?/m0/s1. The molecule has 1 aliphatic rings. The predicted molar refractivity (Wildman–Crippen MR) is 74.8 cm³/mol. The molecule has 1 aliphatic carbocycles. The number of hydrogen-bond acceptors (Lipinski definition) is 1. The maximum absolute atomic E-state index is 12.8. The van der Waals surface area contributed by atoms with E-state index in [4.69, 9.17) is 11.6 Å². The largest absolute Gasteiger partial charge is 0.391 e. The van der Waals surface area contributed by atoms with Crippen molar-refractivity contribution in [2.24, 2.45) is 5.92 Å². The number of nitrogens with one attached hydrogen (secondary N) is 1. The summed E-state index contributed by atoms with van der Waals surface area (Å²) in [6.07, 6.45) is -2.24. The van der Waals surface area contributed by atoms with Gasteiger partial charge in [-0.1, -0.05) is 36.2 Å². The molecular formula is C15H19ClF3N. The van der Waals surface area contributed by atoms with E-state index >= 15 is 0 Å². The molecule has 1 aromatic carbocycles. The lowest BCUT2D eigenvalue weighted by Crippen LogP contribution is -2.39. The summed E-state index contributed by atoms with van der Waals surface area (Å²) >= 11 is 6.12. The molecule has 1 saturated carbocycles. The SMILES string of the molecule is C[C@H](NC1CCCC(C(F)(F)F)C1)c1ccccc1Cl. The third-order valence-corrected chi connectivity index (χ3v) is 4.34. The van der Waals surface area contributed by atoms with Crippen LogP contribution in [0.4, 0.5) is 13.2 Å². The molecule has 0 radical (unpaired) electrons. The molecule has 1 nitrogen and oxygen atoms in total. The Morgan fingerprint density at radius 2 is 1.95 bits per heavy atom. The molecule has 1 fully saturated rings. The van der Waals surface area contributed by atoms with Gasteiger partial charge in [-0.15, -0.1) is 0 Å². The molecule has 112 valence electrons. The first-order valence-corrected chi connectivity index (χ1v) is 7.33. The molecule has 2 unspecified atom stereocenters. The number of halogens is 4. The molecule has 1 aromatic rings. The van der Waals surface area contributed by atoms with Crippen LogP contribution in [0, 0.1) is 5.92 Å². The van der Waals surface area contributed by atoms with Crippen molar-refractivity contribution in [3.8, 4) is 0 Å². The van der Waals surface area contributed by atoms with Crippen LogP contribution >= 0.6 is 11.6 Å². The van der Waals surface area contributed by atoms with Crippen molar-refractivity contribution in [3.63, 3.8) is 0 Å². The minimum atomic E-state index is -4.08. The molecule has 0 aliphatic heterocycles. The molecular weight excluding hydrogens is 287 g/mol. The van der Waals surface area contributed by atoms with Gasteiger partial charge in [-0.25, -0.2) is 0 Å². The zero-order chi connectivity index (χ0) is 14.8. The highest BCUT2D eigenvalue weighted by Crippen LogP contribution is 2.38. The van der Waals surface area contributed by atoms with Gasteiger partial charge in [0, 0.05) is 17.1 Å². The van der Waals surface area contributed by atoms with Gasteiger partial charge in [-0.3, -0.25) is 0 Å². The first-order chi connectivity index (χ1) is 9.38. The van der Waals surface area contributed by atoms with Gasteiger partial charge in [-0.2, -0.15) is 13.2 Å². The number of hydrogen-bond donors (Lipinski definition) is 1. The van der Waals surface area contributed by atoms with Gasteiger partial charge >= 0.3 is 6.18 Å². The van der Waals surface area contributed by atoms with E-state index in [0.29, 0.717) is 11.4 Å². The molecule has 0 aromatic heterocycles. The third kappa shape index (κ3) is 3.89. The van der Waals surface area contributed by atoms with Gasteiger partial charge in [0.25, 0.3) is 0 Å². The Morgan fingerprint density at radius 3 is 2.60 bits per heavy atom. The summed E-state index contributed by atoms with van der Waals surface area (Å²) in [5.74, 6) is -1.17. The van der Waals surface area contributed by atoms with Crippen LogP contribution in [0.15, 0.2) is 24.3 Å². The van der Waals surface area contributed by atoms with Crippen LogP contribution in [0.5, 0.6) is 0 Å². The molecule has 3 atom stereocenters. The van der Waals surface area contributed by atoms with E-state index in [2.05, 4.69) is 5.32 Å². The quantitative estimate of drug-likeness (QED) is 0.818. The Kier molecular flexibility index (Phi) is 4.97. The number of alkyl halides is 3. The minimum Gasteiger partial charge on any atom is -0.307 e. The van der Waals surface area contributed by atoms with Crippen LogP contribution < -0.4 is 5.32 Å². The molecule has 20 heavy (non-hydrogen) atoms. The Balaban J connectivity index is 1.98. The van der Waals surface area contributed by atoms with Crippen molar-refractivity contribution in [2.45, 2.75) is 50.9 Å². The highest BCUT2D eigenvalue weighted by molar-refractivity contribution is 6.31. The molecule has 0 spiro atoms. The summed E-state index contributed by atoms with van der Waals surface area (Å²) in [6, 6.07) is 7.30. The maximum atomic E-state index is 12.8. The number of rotatable bonds is 3. The van der Waals surface area contributed by atoms with Crippen molar-refractivity contribution in [3.05, 3.63) is 34.9 Å². The Labute approximate surface area is 122 Å². The van der Waals surface area contributed by atoms with Crippen LogP contribution in [0.2, 0.25) is 5.02 Å². The van der Waals surface area contributed by atoms with E-state index in [1.807, 2.05) is 25.1 Å². The van der Waals surface area contributed by atoms with Gasteiger partial charge < -0.3 is 5.32 Å². The number of benzene rings is 1. The topological polar surface area (TPSA) is 12.0 Å². The van der Waals surface area contributed by atoms with Crippen molar-refractivity contribution < 1.29 is 13.2 Å². The van der Waals surface area contributed by atoms with Crippen molar-refractivity contribution in [1.29, 1.82) is 0 Å². The smallest absolute Gasteiger partial charge is 0.307 e. The molecule has 0 heterocycles. The fourth-order valence-electron chi connectivity index (χ4n) is 2.91. The van der Waals surface area contributed by atoms with Crippen LogP contribution in [0.1, 0.15) is 44.2 Å². The Hall–Kier alpha value is -0.740. The lowest BCUT2D eigenvalue weighted by atomic mass is 9.85. The average Bonchev–Trinajstić information content (AvgIpc) is 2.38. The van der Waals surface area contributed by atoms with Crippen molar-refractivity contribution >= 4 is 11.6 Å². The monoisotopic (exact) mass is 305 g/mol. The van der Waals surface area contributed by atoms with E-state index in [9.17, 15) is 13.2 Å². The molecule has 1 N–H and O–H groups in total. The van der Waals surface area contributed by atoms with Gasteiger partial charge in [-0.05, 0) is 37.8 Å². The van der Waals surface area contributed by atoms with Gasteiger partial charge in [0.1, 0.15) is 0 Å². The van der Waals surface area contributed by atoms with Crippen molar-refractivity contribution in [1.82, 2.24) is 5.32 Å². The third-order valence-electron chi connectivity index (χ3n) is 3.99. The van der Waals surface area contributed by atoms with Gasteiger partial charge in [0.15, 0.2) is 0 Å². The normalized spacial score (nSPS) is 25.4. The first-order valence-electron chi connectivity index (χ1n) is 6.95. The second-order valence-electron chi connectivity index (χ2n) is 5.51. The summed E-state index contributed by atoms with van der Waals surface area (Å²) in [6.45, 7) is 1.94. The second kappa shape index (κ2) is 6.35. The molecule has 0 saturated heterocycles. The van der Waals surface area contributed by atoms with Crippen LogP contribution in [0.3, 0.4) is 0 Å². The van der Waals surface area contributed by atoms with Crippen molar-refractivity contribution in [2.75, 3.05) is 0 Å². The zero-order valence-corrected chi connectivity index (χ0v) is 12.1. The minimum absolute atomic E-state index is 0.0410. The predicted octanol–water partition coefficient (Wildman–Crippen LogP) is 5.11. The van der Waals surface area contributed by atoms with E-state index < -0.39 is 12.1 Å². The fraction of sp³-hybridized carbons (Fsp3) is 0.600. The van der Waals surface area contributed by atoms with Crippen LogP contribution in [-0.2, 0) is 0 Å². The lowest BCUT2D eigenvalue weighted by Gasteiger charge is -2.33. The van der Waals surface area contributed by atoms with E-state index in [1.54, 1.807) is 6.07 Å². The average molecular weight is 306 g/mol. The summed E-state index contributed by atoms with van der Waals surface area (Å²) < 4.78 is 38.4. The van der Waals surface area contributed by atoms with E-state index in [0.717, 1.165) is 12.0 Å². The van der Waals surface area contributed by atoms with Crippen LogP contribution in [-0.4, -0.2) is 12.2 Å². The van der Waals surface area contributed by atoms with E-state index in [1.165, 1.54) is 0 Å². The maximum Gasteiger partial charge on any atom is 0.391 e. The second-order valence-corrected chi connectivity index (χ2v) is 5.92. The lowest BCUT2D eigenvalue weighted by molar-refractivity contribution is -0.183. The summed E-state index contributed by atoms with van der Waals surface area (Å²) in [5, 5.41) is 3.94. The molecule has 0 bridgehead atoms. The van der Waals surface area contributed by atoms with E-state index in [-0.39, 0.29) is 24.9 Å². The Morgan fingerprint density at radius 1 is 1.25 bits per heavy atom. The molecule has 2 rings (SSSR count). The highest BCUT2D eigenvalue weighted by Gasteiger charge is 2.42. The summed E-state index contributed by atoms with van der Waals surface area (Å²) in [7, 11) is 0. The summed E-state index contributed by atoms with van der Waals surface area (Å²) in [5.41, 5.74) is 0.934. The Bertz CT molecular complexity index is 447. The fourth-order valence-corrected chi connectivity index (χ4v) is 3.21.